The Labute approximate surface area is 143 Å². The molecular weight excluding hydrogens is 328 g/mol. The van der Waals surface area contributed by atoms with Gasteiger partial charge >= 0.3 is 5.91 Å². The number of furan rings is 2. The molecule has 24 heavy (non-hydrogen) atoms. The molecule has 3 heterocycles. The van der Waals surface area contributed by atoms with Crippen LogP contribution in [0.3, 0.4) is 0 Å². The van der Waals surface area contributed by atoms with Gasteiger partial charge < -0.3 is 8.83 Å². The number of amides is 1. The summed E-state index contributed by atoms with van der Waals surface area (Å²) in [5, 5.41) is 6.53. The third-order valence-corrected chi connectivity index (χ3v) is 4.12. The summed E-state index contributed by atoms with van der Waals surface area (Å²) in [6.07, 6.45) is 3.60. The second-order valence-corrected chi connectivity index (χ2v) is 5.86. The van der Waals surface area contributed by atoms with Gasteiger partial charge in [-0.05, 0) is 42.0 Å². The molecule has 5 nitrogen and oxygen atoms in total. The average Bonchev–Trinajstić information content (AvgIpc) is 3.34. The number of hydrazone groups is 1. The van der Waals surface area contributed by atoms with Crippen LogP contribution in [-0.2, 0) is 0 Å². The Morgan fingerprint density at radius 2 is 1.96 bits per heavy atom. The van der Waals surface area contributed by atoms with Gasteiger partial charge in [0.05, 0.1) is 18.6 Å². The molecule has 1 aliphatic rings. The Hall–Kier alpha value is -2.79. The molecule has 4 rings (SSSR count). The molecule has 0 radical (unpaired) electrons. The largest absolute Gasteiger partial charge is 0.463 e. The molecular formula is C18H13ClN2O3. The van der Waals surface area contributed by atoms with Crippen LogP contribution in [0.4, 0.5) is 0 Å². The van der Waals surface area contributed by atoms with E-state index < -0.39 is 0 Å². The van der Waals surface area contributed by atoms with Crippen molar-refractivity contribution in [1.82, 2.24) is 5.01 Å². The van der Waals surface area contributed by atoms with Crippen LogP contribution < -0.4 is 0 Å². The van der Waals surface area contributed by atoms with Crippen molar-refractivity contribution < 1.29 is 13.6 Å². The molecule has 0 saturated heterocycles. The smallest absolute Gasteiger partial charge is 0.310 e. The molecule has 120 valence electrons. The van der Waals surface area contributed by atoms with Crippen LogP contribution >= 0.6 is 11.6 Å². The van der Waals surface area contributed by atoms with E-state index in [0.717, 1.165) is 5.56 Å². The molecule has 0 N–H and O–H groups in total. The van der Waals surface area contributed by atoms with Gasteiger partial charge in [0, 0.05) is 11.4 Å². The van der Waals surface area contributed by atoms with Crippen LogP contribution in [0.15, 0.2) is 75.0 Å². The highest BCUT2D eigenvalue weighted by atomic mass is 35.5. The molecule has 0 spiro atoms. The molecule has 6 heteroatoms. The van der Waals surface area contributed by atoms with Gasteiger partial charge in [0.2, 0.25) is 0 Å². The second-order valence-electron chi connectivity index (χ2n) is 5.43. The minimum absolute atomic E-state index is 0.242. The zero-order valence-electron chi connectivity index (χ0n) is 12.6. The fourth-order valence-corrected chi connectivity index (χ4v) is 2.97. The van der Waals surface area contributed by atoms with Crippen LogP contribution in [0.2, 0.25) is 5.02 Å². The van der Waals surface area contributed by atoms with Crippen molar-refractivity contribution in [2.45, 2.75) is 12.5 Å². The summed E-state index contributed by atoms with van der Waals surface area (Å²) in [4.78, 5) is 12.8. The van der Waals surface area contributed by atoms with Crippen LogP contribution in [-0.4, -0.2) is 16.6 Å². The first-order chi connectivity index (χ1) is 11.7. The summed E-state index contributed by atoms with van der Waals surface area (Å²) in [6.45, 7) is 0. The maximum atomic E-state index is 12.8. The van der Waals surface area contributed by atoms with E-state index in [2.05, 4.69) is 5.10 Å². The average molecular weight is 341 g/mol. The highest BCUT2D eigenvalue weighted by molar-refractivity contribution is 6.30. The Bertz CT molecular complexity index is 885. The van der Waals surface area contributed by atoms with Crippen molar-refractivity contribution in [3.8, 4) is 0 Å². The lowest BCUT2D eigenvalue weighted by molar-refractivity contribution is 0.0678. The topological polar surface area (TPSA) is 59.0 Å². The molecule has 0 bridgehead atoms. The summed E-state index contributed by atoms with van der Waals surface area (Å²) in [5.74, 6) is 0.592. The number of carbonyl (C=O) groups excluding carboxylic acids is 1. The van der Waals surface area contributed by atoms with E-state index >= 15 is 0 Å². The summed E-state index contributed by atoms with van der Waals surface area (Å²) in [7, 11) is 0. The summed E-state index contributed by atoms with van der Waals surface area (Å²) in [6, 6.07) is 14.1. The third-order valence-electron chi connectivity index (χ3n) is 3.89. The Balaban J connectivity index is 1.73. The standard InChI is InChI=1S/C18H13ClN2O3/c19-13-5-1-4-12(10-13)15-11-14(16-6-2-8-23-16)20-21(15)18(22)17-7-3-9-24-17/h1-10,15H,11H2. The first-order valence-corrected chi connectivity index (χ1v) is 7.84. The zero-order valence-corrected chi connectivity index (χ0v) is 13.3. The quantitative estimate of drug-likeness (QED) is 0.704. The van der Waals surface area contributed by atoms with Gasteiger partial charge in [-0.1, -0.05) is 23.7 Å². The lowest BCUT2D eigenvalue weighted by Crippen LogP contribution is -2.26. The first-order valence-electron chi connectivity index (χ1n) is 7.46. The van der Waals surface area contributed by atoms with Gasteiger partial charge in [-0.25, -0.2) is 5.01 Å². The van der Waals surface area contributed by atoms with Crippen molar-refractivity contribution in [3.05, 3.63) is 83.2 Å². The molecule has 0 aliphatic carbocycles. The zero-order chi connectivity index (χ0) is 16.5. The molecule has 0 fully saturated rings. The summed E-state index contributed by atoms with van der Waals surface area (Å²) >= 11 is 6.11. The number of nitrogens with zero attached hydrogens (tertiary/aromatic N) is 2. The minimum Gasteiger partial charge on any atom is -0.463 e. The highest BCUT2D eigenvalue weighted by Gasteiger charge is 2.35. The number of benzene rings is 1. The van der Waals surface area contributed by atoms with Crippen LogP contribution in [0, 0.1) is 0 Å². The number of hydrogen-bond donors (Lipinski definition) is 0. The fourth-order valence-electron chi connectivity index (χ4n) is 2.78. The third kappa shape index (κ3) is 2.63. The van der Waals surface area contributed by atoms with E-state index in [4.69, 9.17) is 20.4 Å². The van der Waals surface area contributed by atoms with E-state index in [-0.39, 0.29) is 17.7 Å². The number of rotatable bonds is 3. The molecule has 1 aromatic carbocycles. The fraction of sp³-hybridized carbons (Fsp3) is 0.111. The molecule has 3 aromatic rings. The van der Waals surface area contributed by atoms with Gasteiger partial charge in [0.25, 0.3) is 0 Å². The van der Waals surface area contributed by atoms with E-state index in [9.17, 15) is 4.79 Å². The molecule has 0 saturated carbocycles. The maximum Gasteiger partial charge on any atom is 0.310 e. The summed E-state index contributed by atoms with van der Waals surface area (Å²) in [5.41, 5.74) is 1.62. The Kier molecular flexibility index (Phi) is 3.70. The van der Waals surface area contributed by atoms with Crippen molar-refractivity contribution in [2.75, 3.05) is 0 Å². The van der Waals surface area contributed by atoms with Crippen molar-refractivity contribution in [3.63, 3.8) is 0 Å². The van der Waals surface area contributed by atoms with Crippen LogP contribution in [0.25, 0.3) is 0 Å². The normalized spacial score (nSPS) is 17.1. The van der Waals surface area contributed by atoms with Crippen molar-refractivity contribution >= 4 is 23.2 Å². The molecule has 1 atom stereocenters. The predicted molar refractivity (Wildman–Crippen MR) is 88.9 cm³/mol. The van der Waals surface area contributed by atoms with E-state index in [1.54, 1.807) is 30.5 Å². The van der Waals surface area contributed by atoms with E-state index in [1.807, 2.05) is 24.3 Å². The number of carbonyl (C=O) groups is 1. The lowest BCUT2D eigenvalue weighted by Gasteiger charge is -2.21. The minimum atomic E-state index is -0.300. The second kappa shape index (κ2) is 6.02. The van der Waals surface area contributed by atoms with Gasteiger partial charge in [-0.15, -0.1) is 0 Å². The van der Waals surface area contributed by atoms with Gasteiger partial charge in [-0.3, -0.25) is 4.79 Å². The van der Waals surface area contributed by atoms with Crippen LogP contribution in [0.5, 0.6) is 0 Å². The number of halogens is 1. The SMILES string of the molecule is O=C(c1ccco1)N1N=C(c2ccco2)CC1c1cccc(Cl)c1. The van der Waals surface area contributed by atoms with Gasteiger partial charge in [0.15, 0.2) is 5.76 Å². The Morgan fingerprint density at radius 1 is 1.12 bits per heavy atom. The maximum absolute atomic E-state index is 12.8. The van der Waals surface area contributed by atoms with Gasteiger partial charge in [-0.2, -0.15) is 5.10 Å². The molecule has 1 amide bonds. The van der Waals surface area contributed by atoms with Crippen molar-refractivity contribution in [2.24, 2.45) is 5.10 Å². The molecule has 1 unspecified atom stereocenters. The van der Waals surface area contributed by atoms with E-state index in [1.165, 1.54) is 11.3 Å². The molecule has 2 aromatic heterocycles. The Morgan fingerprint density at radius 3 is 2.67 bits per heavy atom. The van der Waals surface area contributed by atoms with Gasteiger partial charge in [0.1, 0.15) is 11.5 Å². The predicted octanol–water partition coefficient (Wildman–Crippen LogP) is 4.52. The summed E-state index contributed by atoms with van der Waals surface area (Å²) < 4.78 is 10.7. The number of hydrogen-bond acceptors (Lipinski definition) is 4. The lowest BCUT2D eigenvalue weighted by atomic mass is 10.0. The monoisotopic (exact) mass is 340 g/mol. The molecule has 1 aliphatic heterocycles. The van der Waals surface area contributed by atoms with Crippen molar-refractivity contribution in [1.29, 1.82) is 0 Å². The van der Waals surface area contributed by atoms with Crippen LogP contribution in [0.1, 0.15) is 34.3 Å². The first kappa shape index (κ1) is 14.8. The van der Waals surface area contributed by atoms with E-state index in [0.29, 0.717) is 22.9 Å². The highest BCUT2D eigenvalue weighted by Crippen LogP contribution is 2.34.